The molecular formula is C24H16N2OSe. The molecule has 134 valence electrons. The number of rotatable bonds is 4. The van der Waals surface area contributed by atoms with Gasteiger partial charge in [-0.25, -0.2) is 0 Å². The third-order valence-electron chi connectivity index (χ3n) is 4.41. The van der Waals surface area contributed by atoms with Crippen molar-refractivity contribution in [2.75, 3.05) is 0 Å². The van der Waals surface area contributed by atoms with E-state index in [2.05, 4.69) is 35.3 Å². The molecule has 2 heterocycles. The van der Waals surface area contributed by atoms with Gasteiger partial charge in [0.2, 0.25) is 0 Å². The third-order valence-corrected chi connectivity index (χ3v) is 6.68. The van der Waals surface area contributed by atoms with E-state index in [4.69, 9.17) is 9.72 Å². The summed E-state index contributed by atoms with van der Waals surface area (Å²) < 4.78 is 8.61. The fourth-order valence-corrected chi connectivity index (χ4v) is 5.10. The Bertz CT molecular complexity index is 1210. The van der Waals surface area contributed by atoms with Gasteiger partial charge in [0, 0.05) is 0 Å². The fourth-order valence-electron chi connectivity index (χ4n) is 3.08. The van der Waals surface area contributed by atoms with E-state index >= 15 is 0 Å². The summed E-state index contributed by atoms with van der Waals surface area (Å²) in [5, 5.41) is 0. The van der Waals surface area contributed by atoms with Crippen LogP contribution in [0.1, 0.15) is 0 Å². The van der Waals surface area contributed by atoms with E-state index in [1.807, 2.05) is 60.7 Å². The molecule has 28 heavy (non-hydrogen) atoms. The summed E-state index contributed by atoms with van der Waals surface area (Å²) in [5.74, 6) is 1.60. The summed E-state index contributed by atoms with van der Waals surface area (Å²) in [6.45, 7) is 0. The van der Waals surface area contributed by atoms with Crippen molar-refractivity contribution in [1.82, 2.24) is 9.97 Å². The van der Waals surface area contributed by atoms with Gasteiger partial charge in [0.25, 0.3) is 0 Å². The Hall–Kier alpha value is -3.20. The molecule has 5 rings (SSSR count). The quantitative estimate of drug-likeness (QED) is 0.340. The van der Waals surface area contributed by atoms with E-state index in [0.717, 1.165) is 38.4 Å². The van der Waals surface area contributed by atoms with Crippen molar-refractivity contribution in [3.8, 4) is 32.9 Å². The van der Waals surface area contributed by atoms with Gasteiger partial charge in [0.05, 0.1) is 0 Å². The summed E-state index contributed by atoms with van der Waals surface area (Å²) in [6, 6.07) is 30.4. The molecule has 0 spiro atoms. The van der Waals surface area contributed by atoms with Crippen LogP contribution in [0.4, 0.5) is 0 Å². The first-order valence-corrected chi connectivity index (χ1v) is 10.7. The molecule has 0 radical (unpaired) electrons. The van der Waals surface area contributed by atoms with Crippen molar-refractivity contribution in [3.05, 3.63) is 97.2 Å². The average molecular weight is 427 g/mol. The van der Waals surface area contributed by atoms with E-state index < -0.39 is 0 Å². The molecule has 3 nitrogen and oxygen atoms in total. The molecule has 0 unspecified atom stereocenters. The van der Waals surface area contributed by atoms with Crippen molar-refractivity contribution in [2.45, 2.75) is 0 Å². The molecule has 0 N–H and O–H groups in total. The average Bonchev–Trinajstić information content (AvgIpc) is 3.19. The van der Waals surface area contributed by atoms with Crippen molar-refractivity contribution < 1.29 is 4.74 Å². The van der Waals surface area contributed by atoms with Gasteiger partial charge in [-0.1, -0.05) is 0 Å². The summed E-state index contributed by atoms with van der Waals surface area (Å²) in [4.78, 5) is 9.22. The molecule has 0 aliphatic heterocycles. The first-order chi connectivity index (χ1) is 13.8. The first-order valence-electron chi connectivity index (χ1n) is 9.00. The van der Waals surface area contributed by atoms with Gasteiger partial charge < -0.3 is 0 Å². The molecule has 0 saturated carbocycles. The molecule has 0 bridgehead atoms. The molecule has 0 aliphatic rings. The zero-order valence-corrected chi connectivity index (χ0v) is 16.7. The van der Waals surface area contributed by atoms with Crippen LogP contribution in [0.3, 0.4) is 0 Å². The Morgan fingerprint density at radius 1 is 0.679 bits per heavy atom. The molecule has 5 aromatic rings. The summed E-state index contributed by atoms with van der Waals surface area (Å²) in [5.41, 5.74) is 4.18. The van der Waals surface area contributed by atoms with E-state index in [9.17, 15) is 0 Å². The zero-order valence-electron chi connectivity index (χ0n) is 14.9. The predicted molar refractivity (Wildman–Crippen MR) is 114 cm³/mol. The second-order valence-electron chi connectivity index (χ2n) is 6.36. The number of fused-ring (bicyclic) bond motifs is 1. The SMILES string of the molecule is c1ccc(-c2cccc(Oc3cccc(-c4nc5ccccc5[se]4)c3)c2)nc1. The van der Waals surface area contributed by atoms with Gasteiger partial charge in [-0.15, -0.1) is 0 Å². The van der Waals surface area contributed by atoms with Crippen molar-refractivity contribution in [2.24, 2.45) is 0 Å². The first kappa shape index (κ1) is 16.9. The number of hydrogen-bond acceptors (Lipinski definition) is 3. The van der Waals surface area contributed by atoms with Crippen LogP contribution in [-0.2, 0) is 0 Å². The number of aromatic nitrogens is 2. The maximum absolute atomic E-state index is 6.14. The molecule has 0 amide bonds. The number of benzene rings is 3. The molecule has 4 heteroatoms. The van der Waals surface area contributed by atoms with E-state index in [1.54, 1.807) is 6.20 Å². The van der Waals surface area contributed by atoms with Crippen LogP contribution < -0.4 is 4.74 Å². The summed E-state index contributed by atoms with van der Waals surface area (Å²) in [7, 11) is 0. The van der Waals surface area contributed by atoms with Crippen LogP contribution in [0.5, 0.6) is 11.5 Å². The number of hydrogen-bond donors (Lipinski definition) is 0. The topological polar surface area (TPSA) is 35.0 Å². The number of para-hydroxylation sites is 1. The molecule has 0 saturated heterocycles. The Morgan fingerprint density at radius 2 is 1.43 bits per heavy atom. The van der Waals surface area contributed by atoms with Crippen LogP contribution in [0.15, 0.2) is 97.2 Å². The Labute approximate surface area is 169 Å². The third kappa shape index (κ3) is 3.48. The van der Waals surface area contributed by atoms with E-state index in [0.29, 0.717) is 0 Å². The Morgan fingerprint density at radius 3 is 2.21 bits per heavy atom. The minimum atomic E-state index is 0.230. The van der Waals surface area contributed by atoms with Gasteiger partial charge >= 0.3 is 169 Å². The van der Waals surface area contributed by atoms with Crippen LogP contribution in [0, 0.1) is 0 Å². The van der Waals surface area contributed by atoms with Gasteiger partial charge in [-0.2, -0.15) is 0 Å². The standard InChI is InChI=1S/C24H16N2OSe/c1-2-13-23-22(12-1)26-24(28-23)18-8-6-10-20(16-18)27-19-9-5-7-17(15-19)21-11-3-4-14-25-21/h1-16H. The molecule has 0 atom stereocenters. The van der Waals surface area contributed by atoms with Crippen LogP contribution >= 0.6 is 0 Å². The van der Waals surface area contributed by atoms with Gasteiger partial charge in [-0.05, 0) is 0 Å². The normalized spacial score (nSPS) is 10.9. The molecule has 2 aromatic heterocycles. The molecule has 3 aromatic carbocycles. The zero-order chi connectivity index (χ0) is 18.8. The van der Waals surface area contributed by atoms with Crippen LogP contribution in [-0.4, -0.2) is 24.5 Å². The fraction of sp³-hybridized carbons (Fsp3) is 0. The number of ether oxygens (including phenoxy) is 1. The number of nitrogens with zero attached hydrogens (tertiary/aromatic N) is 2. The van der Waals surface area contributed by atoms with Crippen LogP contribution in [0.2, 0.25) is 0 Å². The van der Waals surface area contributed by atoms with Crippen LogP contribution in [0.25, 0.3) is 31.2 Å². The maximum atomic E-state index is 6.14. The summed E-state index contributed by atoms with van der Waals surface area (Å²) >= 11 is 0.230. The second-order valence-corrected chi connectivity index (χ2v) is 8.52. The number of pyridine rings is 1. The van der Waals surface area contributed by atoms with Crippen molar-refractivity contribution in [3.63, 3.8) is 0 Å². The second kappa shape index (κ2) is 7.43. The van der Waals surface area contributed by atoms with E-state index in [-0.39, 0.29) is 14.5 Å². The van der Waals surface area contributed by atoms with Crippen molar-refractivity contribution in [1.29, 1.82) is 0 Å². The minimum absolute atomic E-state index is 0.230. The molecular weight excluding hydrogens is 411 g/mol. The summed E-state index contributed by atoms with van der Waals surface area (Å²) in [6.07, 6.45) is 1.80. The monoisotopic (exact) mass is 428 g/mol. The molecule has 0 aliphatic carbocycles. The van der Waals surface area contributed by atoms with Gasteiger partial charge in [0.15, 0.2) is 0 Å². The van der Waals surface area contributed by atoms with Gasteiger partial charge in [0.1, 0.15) is 0 Å². The Balaban J connectivity index is 1.44. The van der Waals surface area contributed by atoms with E-state index in [1.165, 1.54) is 4.26 Å². The van der Waals surface area contributed by atoms with Crippen molar-refractivity contribution >= 4 is 24.3 Å². The Kier molecular flexibility index (Phi) is 4.50. The van der Waals surface area contributed by atoms with Gasteiger partial charge in [-0.3, -0.25) is 0 Å². The molecule has 0 fully saturated rings. The predicted octanol–water partition coefficient (Wildman–Crippen LogP) is 5.81.